The van der Waals surface area contributed by atoms with Gasteiger partial charge < -0.3 is 20.1 Å². The average Bonchev–Trinajstić information content (AvgIpc) is 3.41. The van der Waals surface area contributed by atoms with Crippen LogP contribution in [0.2, 0.25) is 0 Å². The number of benzene rings is 1. The molecule has 2 aliphatic rings. The second-order valence-electron chi connectivity index (χ2n) is 6.86. The Hall–Kier alpha value is -2.25. The normalized spacial score (nSPS) is 20.2. The molecule has 1 fully saturated rings. The third-order valence-corrected chi connectivity index (χ3v) is 5.94. The number of hydrogen-bond donors (Lipinski definition) is 2. The first-order chi connectivity index (χ1) is 13.3. The molecule has 7 heteroatoms. The van der Waals surface area contributed by atoms with Crippen molar-refractivity contribution in [1.82, 2.24) is 15.5 Å². The molecule has 2 aromatic rings. The molecule has 0 aliphatic carbocycles. The molecular weight excluding hydrogens is 362 g/mol. The number of carbonyl (C=O) groups is 1. The molecule has 2 N–H and O–H groups in total. The van der Waals surface area contributed by atoms with E-state index >= 15 is 0 Å². The van der Waals surface area contributed by atoms with Crippen molar-refractivity contribution in [3.63, 3.8) is 0 Å². The van der Waals surface area contributed by atoms with E-state index in [1.807, 2.05) is 24.3 Å². The van der Waals surface area contributed by atoms with E-state index in [9.17, 15) is 4.79 Å². The van der Waals surface area contributed by atoms with Gasteiger partial charge in [-0.1, -0.05) is 18.2 Å². The molecule has 0 bridgehead atoms. The fraction of sp³-hybridized carbons (Fsp3) is 0.450. The summed E-state index contributed by atoms with van der Waals surface area (Å²) >= 11 is 1.75. The number of likely N-dealkylation sites (tertiary alicyclic amines) is 1. The third kappa shape index (κ3) is 4.54. The minimum atomic E-state index is -0.183. The number of ether oxygens (including phenoxy) is 2. The van der Waals surface area contributed by atoms with Gasteiger partial charge in [-0.25, -0.2) is 4.79 Å². The van der Waals surface area contributed by atoms with E-state index in [0.717, 1.165) is 24.6 Å². The first-order valence-electron chi connectivity index (χ1n) is 9.47. The van der Waals surface area contributed by atoms with Gasteiger partial charge in [-0.2, -0.15) is 0 Å². The Morgan fingerprint density at radius 1 is 1.15 bits per heavy atom. The lowest BCUT2D eigenvalue weighted by molar-refractivity contribution is 0.0917. The molecule has 144 valence electrons. The second kappa shape index (κ2) is 8.63. The van der Waals surface area contributed by atoms with E-state index in [1.165, 1.54) is 17.7 Å². The fourth-order valence-electron chi connectivity index (χ4n) is 3.57. The van der Waals surface area contributed by atoms with Crippen LogP contribution in [0.5, 0.6) is 11.5 Å². The van der Waals surface area contributed by atoms with Crippen LogP contribution >= 0.6 is 11.3 Å². The minimum absolute atomic E-state index is 0.168. The highest BCUT2D eigenvalue weighted by Gasteiger charge is 2.25. The van der Waals surface area contributed by atoms with Crippen molar-refractivity contribution in [2.24, 2.45) is 0 Å². The zero-order valence-electron chi connectivity index (χ0n) is 15.2. The maximum absolute atomic E-state index is 12.3. The van der Waals surface area contributed by atoms with E-state index in [2.05, 4.69) is 33.0 Å². The van der Waals surface area contributed by atoms with E-state index in [4.69, 9.17) is 9.47 Å². The highest BCUT2D eigenvalue weighted by atomic mass is 32.1. The van der Waals surface area contributed by atoms with Crippen LogP contribution in [0.25, 0.3) is 0 Å². The summed E-state index contributed by atoms with van der Waals surface area (Å²) in [5.41, 5.74) is 0. The maximum atomic E-state index is 12.3. The Morgan fingerprint density at radius 2 is 1.96 bits per heavy atom. The van der Waals surface area contributed by atoms with E-state index < -0.39 is 0 Å². The number of urea groups is 1. The molecule has 2 aliphatic heterocycles. The number of thiophene rings is 1. The number of carbonyl (C=O) groups excluding carboxylic acids is 1. The van der Waals surface area contributed by atoms with Gasteiger partial charge in [-0.3, -0.25) is 4.90 Å². The van der Waals surface area contributed by atoms with Crippen molar-refractivity contribution >= 4 is 17.4 Å². The van der Waals surface area contributed by atoms with Crippen LogP contribution in [-0.2, 0) is 0 Å². The van der Waals surface area contributed by atoms with Gasteiger partial charge in [0.05, 0.1) is 12.6 Å². The van der Waals surface area contributed by atoms with Crippen LogP contribution in [0.4, 0.5) is 4.79 Å². The molecule has 1 aromatic heterocycles. The van der Waals surface area contributed by atoms with E-state index in [-0.39, 0.29) is 18.2 Å². The summed E-state index contributed by atoms with van der Waals surface area (Å²) in [6, 6.07) is 11.9. The van der Waals surface area contributed by atoms with Gasteiger partial charge in [0, 0.05) is 11.4 Å². The summed E-state index contributed by atoms with van der Waals surface area (Å²) in [6.45, 7) is 3.64. The number of nitrogens with zero attached hydrogens (tertiary/aromatic N) is 1. The molecule has 2 unspecified atom stereocenters. The van der Waals surface area contributed by atoms with Crippen molar-refractivity contribution in [2.45, 2.75) is 25.0 Å². The monoisotopic (exact) mass is 387 g/mol. The van der Waals surface area contributed by atoms with Crippen LogP contribution in [0, 0.1) is 0 Å². The Bertz CT molecular complexity index is 747. The van der Waals surface area contributed by atoms with Gasteiger partial charge in [0.15, 0.2) is 17.6 Å². The molecule has 0 radical (unpaired) electrons. The van der Waals surface area contributed by atoms with Gasteiger partial charge in [-0.05, 0) is 49.5 Å². The Kier molecular flexibility index (Phi) is 5.79. The van der Waals surface area contributed by atoms with Crippen LogP contribution in [0.3, 0.4) is 0 Å². The molecule has 0 saturated carbocycles. The zero-order chi connectivity index (χ0) is 18.5. The van der Waals surface area contributed by atoms with Crippen LogP contribution in [0.15, 0.2) is 41.8 Å². The highest BCUT2D eigenvalue weighted by molar-refractivity contribution is 7.10. The Balaban J connectivity index is 1.25. The van der Waals surface area contributed by atoms with Gasteiger partial charge >= 0.3 is 6.03 Å². The lowest BCUT2D eigenvalue weighted by Crippen LogP contribution is -2.46. The summed E-state index contributed by atoms with van der Waals surface area (Å²) in [6.07, 6.45) is 2.28. The number of amides is 2. The predicted molar refractivity (Wildman–Crippen MR) is 106 cm³/mol. The summed E-state index contributed by atoms with van der Waals surface area (Å²) < 4.78 is 11.6. The minimum Gasteiger partial charge on any atom is -0.486 e. The molecule has 2 amide bonds. The maximum Gasteiger partial charge on any atom is 0.314 e. The highest BCUT2D eigenvalue weighted by Crippen LogP contribution is 2.30. The van der Waals surface area contributed by atoms with Crippen molar-refractivity contribution in [2.75, 3.05) is 32.8 Å². The number of para-hydroxylation sites is 2. The topological polar surface area (TPSA) is 62.8 Å². The van der Waals surface area contributed by atoms with Gasteiger partial charge in [0.1, 0.15) is 6.61 Å². The third-order valence-electron chi connectivity index (χ3n) is 4.97. The lowest BCUT2D eigenvalue weighted by atomic mass is 10.2. The number of rotatable bonds is 6. The van der Waals surface area contributed by atoms with Crippen molar-refractivity contribution in [1.29, 1.82) is 0 Å². The Labute approximate surface area is 163 Å². The first kappa shape index (κ1) is 18.1. The molecule has 0 spiro atoms. The van der Waals surface area contributed by atoms with E-state index in [1.54, 1.807) is 11.3 Å². The molecule has 3 heterocycles. The standard InChI is InChI=1S/C20H25N3O3S/c24-20(21-12-15-14-25-17-6-1-2-7-18(17)26-15)22-13-16(19-8-5-11-27-19)23-9-3-4-10-23/h1-2,5-8,11,15-16H,3-4,9-10,12-14H2,(H2,21,22,24). The smallest absolute Gasteiger partial charge is 0.314 e. The van der Waals surface area contributed by atoms with Gasteiger partial charge in [0.25, 0.3) is 0 Å². The zero-order valence-corrected chi connectivity index (χ0v) is 16.0. The summed E-state index contributed by atoms with van der Waals surface area (Å²) in [7, 11) is 0. The predicted octanol–water partition coefficient (Wildman–Crippen LogP) is 3.02. The SMILES string of the molecule is O=C(NCC1COc2ccccc2O1)NCC(c1cccs1)N1CCCC1. The van der Waals surface area contributed by atoms with Crippen LogP contribution in [0.1, 0.15) is 23.8 Å². The van der Waals surface area contributed by atoms with Gasteiger partial charge in [-0.15, -0.1) is 11.3 Å². The molecular formula is C20H25N3O3S. The first-order valence-corrected chi connectivity index (χ1v) is 10.4. The molecule has 27 heavy (non-hydrogen) atoms. The van der Waals surface area contributed by atoms with Crippen LogP contribution in [-0.4, -0.2) is 49.8 Å². The summed E-state index contributed by atoms with van der Waals surface area (Å²) in [5, 5.41) is 8.02. The molecule has 2 atom stereocenters. The molecule has 4 rings (SSSR count). The molecule has 6 nitrogen and oxygen atoms in total. The number of hydrogen-bond acceptors (Lipinski definition) is 5. The molecule has 1 saturated heterocycles. The average molecular weight is 388 g/mol. The lowest BCUT2D eigenvalue weighted by Gasteiger charge is -2.28. The summed E-state index contributed by atoms with van der Waals surface area (Å²) in [5.74, 6) is 1.48. The fourth-order valence-corrected chi connectivity index (χ4v) is 4.43. The van der Waals surface area contributed by atoms with Crippen molar-refractivity contribution < 1.29 is 14.3 Å². The largest absolute Gasteiger partial charge is 0.486 e. The number of nitrogens with one attached hydrogen (secondary N) is 2. The van der Waals surface area contributed by atoms with Crippen molar-refractivity contribution in [3.05, 3.63) is 46.7 Å². The second-order valence-corrected chi connectivity index (χ2v) is 7.84. The van der Waals surface area contributed by atoms with Crippen LogP contribution < -0.4 is 20.1 Å². The van der Waals surface area contributed by atoms with E-state index in [0.29, 0.717) is 19.7 Å². The number of fused-ring (bicyclic) bond motifs is 1. The summed E-state index contributed by atoms with van der Waals surface area (Å²) in [4.78, 5) is 16.0. The Morgan fingerprint density at radius 3 is 2.74 bits per heavy atom. The quantitative estimate of drug-likeness (QED) is 0.800. The molecule has 1 aromatic carbocycles. The van der Waals surface area contributed by atoms with Gasteiger partial charge in [0.2, 0.25) is 0 Å². The van der Waals surface area contributed by atoms with Crippen molar-refractivity contribution in [3.8, 4) is 11.5 Å².